The highest BCUT2D eigenvalue weighted by Gasteiger charge is 2.39. The van der Waals surface area contributed by atoms with Gasteiger partial charge in [-0.2, -0.15) is 0 Å². The fraction of sp³-hybridized carbons (Fsp3) is 0.920. The van der Waals surface area contributed by atoms with E-state index in [0.29, 0.717) is 6.61 Å². The molecule has 1 rings (SSSR count). The van der Waals surface area contributed by atoms with Crippen LogP contribution in [0.25, 0.3) is 0 Å². The molecular weight excluding hydrogens is 380 g/mol. The van der Waals surface area contributed by atoms with Crippen molar-refractivity contribution in [1.29, 1.82) is 0 Å². The summed E-state index contributed by atoms with van der Waals surface area (Å²) in [6, 6.07) is 0. The summed E-state index contributed by atoms with van der Waals surface area (Å²) in [5.74, 6) is 0. The molecule has 0 spiro atoms. The summed E-state index contributed by atoms with van der Waals surface area (Å²) in [6.45, 7) is 2.62. The number of allylic oxidation sites excluding steroid dienone is 2. The van der Waals surface area contributed by atoms with Gasteiger partial charge in [-0.1, -0.05) is 83.3 Å². The van der Waals surface area contributed by atoms with Crippen LogP contribution in [0.15, 0.2) is 12.2 Å². The Morgan fingerprint density at radius 2 is 1.33 bits per heavy atom. The number of hydrogen-bond donors (Lipinski definition) is 3. The minimum absolute atomic E-state index is 0.0441. The van der Waals surface area contributed by atoms with E-state index in [1.807, 2.05) is 0 Å². The third-order valence-electron chi connectivity index (χ3n) is 5.97. The predicted molar refractivity (Wildman–Crippen MR) is 123 cm³/mol. The minimum atomic E-state index is -0.988. The average molecular weight is 429 g/mol. The molecule has 3 N–H and O–H groups in total. The van der Waals surface area contributed by atoms with E-state index in [2.05, 4.69) is 19.1 Å². The quantitative estimate of drug-likeness (QED) is 0.201. The molecule has 1 aliphatic rings. The Kier molecular flexibility index (Phi) is 17.7. The number of ether oxygens (including phenoxy) is 2. The minimum Gasteiger partial charge on any atom is -0.394 e. The number of rotatable bonds is 19. The maximum atomic E-state index is 10.0. The van der Waals surface area contributed by atoms with Crippen LogP contribution in [0.3, 0.4) is 0 Å². The first kappa shape index (κ1) is 27.6. The van der Waals surface area contributed by atoms with Crippen LogP contribution in [0.4, 0.5) is 0 Å². The number of aliphatic hydroxyl groups excluding tert-OH is 3. The fourth-order valence-corrected chi connectivity index (χ4v) is 3.96. The largest absolute Gasteiger partial charge is 0.394 e. The molecule has 0 radical (unpaired) electrons. The molecule has 4 atom stereocenters. The molecule has 1 heterocycles. The van der Waals surface area contributed by atoms with Gasteiger partial charge in [-0.15, -0.1) is 0 Å². The van der Waals surface area contributed by atoms with Crippen molar-refractivity contribution in [3.63, 3.8) is 0 Å². The van der Waals surface area contributed by atoms with Gasteiger partial charge in [-0.05, 0) is 32.1 Å². The second-order valence-corrected chi connectivity index (χ2v) is 8.74. The van der Waals surface area contributed by atoms with Crippen molar-refractivity contribution < 1.29 is 24.8 Å². The topological polar surface area (TPSA) is 79.2 Å². The molecule has 0 aromatic heterocycles. The molecule has 1 fully saturated rings. The summed E-state index contributed by atoms with van der Waals surface area (Å²) >= 11 is 0. The third kappa shape index (κ3) is 13.1. The molecule has 0 aromatic carbocycles. The molecule has 5 heteroatoms. The first-order valence-electron chi connectivity index (χ1n) is 12.6. The fourth-order valence-electron chi connectivity index (χ4n) is 3.96. The Hall–Kier alpha value is -0.460. The van der Waals surface area contributed by atoms with Crippen molar-refractivity contribution in [3.05, 3.63) is 12.2 Å². The lowest BCUT2D eigenvalue weighted by Crippen LogP contribution is -2.55. The maximum Gasteiger partial charge on any atom is 0.114 e. The molecule has 0 amide bonds. The average Bonchev–Trinajstić information content (AvgIpc) is 2.75. The van der Waals surface area contributed by atoms with E-state index in [0.717, 1.165) is 12.8 Å². The van der Waals surface area contributed by atoms with Gasteiger partial charge in [0.1, 0.15) is 24.4 Å². The van der Waals surface area contributed by atoms with Crippen molar-refractivity contribution in [2.45, 2.75) is 128 Å². The summed E-state index contributed by atoms with van der Waals surface area (Å²) < 4.78 is 11.0. The zero-order valence-electron chi connectivity index (χ0n) is 19.4. The number of unbranched alkanes of at least 4 members (excludes halogenated alkanes) is 13. The van der Waals surface area contributed by atoms with Crippen molar-refractivity contribution in [2.75, 3.05) is 19.8 Å². The molecule has 5 nitrogen and oxygen atoms in total. The second kappa shape index (κ2) is 19.2. The first-order chi connectivity index (χ1) is 14.7. The highest BCUT2D eigenvalue weighted by Crippen LogP contribution is 2.19. The molecule has 0 aromatic rings. The van der Waals surface area contributed by atoms with Crippen LogP contribution < -0.4 is 0 Å². The molecule has 0 bridgehead atoms. The predicted octanol–water partition coefficient (Wildman–Crippen LogP) is 4.91. The monoisotopic (exact) mass is 428 g/mol. The summed E-state index contributed by atoms with van der Waals surface area (Å²) in [5.41, 5.74) is 0. The third-order valence-corrected chi connectivity index (χ3v) is 5.97. The second-order valence-electron chi connectivity index (χ2n) is 8.74. The van der Waals surface area contributed by atoms with E-state index in [9.17, 15) is 15.3 Å². The lowest BCUT2D eigenvalue weighted by atomic mass is 10.0. The number of hydrogen-bond acceptors (Lipinski definition) is 5. The molecule has 178 valence electrons. The van der Waals surface area contributed by atoms with Gasteiger partial charge < -0.3 is 24.8 Å². The van der Waals surface area contributed by atoms with Crippen LogP contribution in [0.5, 0.6) is 0 Å². The Labute approximate surface area is 184 Å². The first-order valence-corrected chi connectivity index (χ1v) is 12.6. The van der Waals surface area contributed by atoms with Gasteiger partial charge in [0.25, 0.3) is 0 Å². The van der Waals surface area contributed by atoms with Crippen LogP contribution >= 0.6 is 0 Å². The molecule has 1 aliphatic heterocycles. The van der Waals surface area contributed by atoms with E-state index in [-0.39, 0.29) is 13.2 Å². The molecule has 30 heavy (non-hydrogen) atoms. The van der Waals surface area contributed by atoms with Gasteiger partial charge in [0.05, 0.1) is 13.2 Å². The van der Waals surface area contributed by atoms with E-state index in [4.69, 9.17) is 9.47 Å². The molecule has 0 saturated carbocycles. The van der Waals surface area contributed by atoms with Crippen molar-refractivity contribution in [1.82, 2.24) is 0 Å². The van der Waals surface area contributed by atoms with E-state index in [1.165, 1.54) is 83.5 Å². The van der Waals surface area contributed by atoms with Gasteiger partial charge >= 0.3 is 0 Å². The van der Waals surface area contributed by atoms with Crippen molar-refractivity contribution in [2.24, 2.45) is 0 Å². The van der Waals surface area contributed by atoms with Crippen LogP contribution in [-0.2, 0) is 9.47 Å². The van der Waals surface area contributed by atoms with Gasteiger partial charge in [0.2, 0.25) is 0 Å². The Balaban J connectivity index is 1.84. The number of aliphatic hydroxyl groups is 3. The SMILES string of the molecule is CCCCC/C=C/CCCCCCCCCCCCO[C@@H]1[C@@H](O)[C@H](O)CO[C@H]1CO. The standard InChI is InChI=1S/C25H48O5/c1-2-3-4-5-6-7-8-9-10-11-12-13-14-15-16-17-18-19-29-25-23(20-26)30-21-22(27)24(25)28/h6-7,22-28H,2-5,8-21H2,1H3/b7-6+/t22-,23+,24+,25+/m1/s1. The zero-order chi connectivity index (χ0) is 21.9. The van der Waals surface area contributed by atoms with Crippen molar-refractivity contribution in [3.8, 4) is 0 Å². The van der Waals surface area contributed by atoms with Gasteiger partial charge in [0.15, 0.2) is 0 Å². The normalized spacial score (nSPS) is 24.7. The molecule has 0 unspecified atom stereocenters. The van der Waals surface area contributed by atoms with Crippen LogP contribution in [0, 0.1) is 0 Å². The van der Waals surface area contributed by atoms with Gasteiger partial charge in [0, 0.05) is 6.61 Å². The van der Waals surface area contributed by atoms with Crippen LogP contribution in [-0.4, -0.2) is 59.6 Å². The smallest absolute Gasteiger partial charge is 0.114 e. The lowest BCUT2D eigenvalue weighted by Gasteiger charge is -2.37. The van der Waals surface area contributed by atoms with Gasteiger partial charge in [-0.25, -0.2) is 0 Å². The van der Waals surface area contributed by atoms with Crippen LogP contribution in [0.2, 0.25) is 0 Å². The summed E-state index contributed by atoms with van der Waals surface area (Å²) in [7, 11) is 0. The maximum absolute atomic E-state index is 10.0. The summed E-state index contributed by atoms with van der Waals surface area (Å²) in [6.07, 6.45) is 20.7. The molecule has 1 saturated heterocycles. The summed E-state index contributed by atoms with van der Waals surface area (Å²) in [5, 5.41) is 29.0. The van der Waals surface area contributed by atoms with Gasteiger partial charge in [-0.3, -0.25) is 0 Å². The Morgan fingerprint density at radius 1 is 0.800 bits per heavy atom. The van der Waals surface area contributed by atoms with Crippen LogP contribution in [0.1, 0.15) is 103 Å². The summed E-state index contributed by atoms with van der Waals surface area (Å²) in [4.78, 5) is 0. The lowest BCUT2D eigenvalue weighted by molar-refractivity contribution is -0.211. The highest BCUT2D eigenvalue weighted by molar-refractivity contribution is 4.87. The highest BCUT2D eigenvalue weighted by atomic mass is 16.6. The molecular formula is C25H48O5. The Morgan fingerprint density at radius 3 is 1.90 bits per heavy atom. The van der Waals surface area contributed by atoms with Crippen molar-refractivity contribution >= 4 is 0 Å². The van der Waals surface area contributed by atoms with E-state index >= 15 is 0 Å². The Bertz CT molecular complexity index is 399. The zero-order valence-corrected chi connectivity index (χ0v) is 19.4. The van der Waals surface area contributed by atoms with E-state index in [1.54, 1.807) is 0 Å². The molecule has 0 aliphatic carbocycles. The van der Waals surface area contributed by atoms with E-state index < -0.39 is 24.4 Å².